The van der Waals surface area contributed by atoms with E-state index in [1.165, 1.54) is 6.07 Å². The third kappa shape index (κ3) is 4.42. The van der Waals surface area contributed by atoms with Crippen LogP contribution in [0.5, 0.6) is 0 Å². The molecule has 20 heavy (non-hydrogen) atoms. The second kappa shape index (κ2) is 7.36. The number of rotatable bonds is 5. The molecule has 1 unspecified atom stereocenters. The highest BCUT2D eigenvalue weighted by molar-refractivity contribution is 6.30. The van der Waals surface area contributed by atoms with Crippen LogP contribution in [0, 0.1) is 5.82 Å². The molecule has 1 aliphatic heterocycles. The highest BCUT2D eigenvalue weighted by atomic mass is 35.5. The third-order valence-corrected chi connectivity index (χ3v) is 3.73. The topological polar surface area (TPSA) is 24.5 Å². The first-order valence-corrected chi connectivity index (χ1v) is 7.43. The molecular weight excluding hydrogens is 279 g/mol. The molecule has 1 aromatic carbocycles. The Hall–Kier alpha value is -0.680. The van der Waals surface area contributed by atoms with E-state index in [0.29, 0.717) is 36.4 Å². The van der Waals surface area contributed by atoms with Gasteiger partial charge in [-0.15, -0.1) is 0 Å². The average Bonchev–Trinajstić information content (AvgIpc) is 2.41. The fourth-order valence-corrected chi connectivity index (χ4v) is 2.48. The van der Waals surface area contributed by atoms with Crippen molar-refractivity contribution >= 4 is 11.6 Å². The molecule has 1 heterocycles. The third-order valence-electron chi connectivity index (χ3n) is 3.50. The van der Waals surface area contributed by atoms with Crippen LogP contribution in [0.2, 0.25) is 5.02 Å². The van der Waals surface area contributed by atoms with Crippen molar-refractivity contribution in [3.63, 3.8) is 0 Å². The summed E-state index contributed by atoms with van der Waals surface area (Å²) >= 11 is 5.79. The van der Waals surface area contributed by atoms with Gasteiger partial charge in [0.15, 0.2) is 0 Å². The van der Waals surface area contributed by atoms with Crippen LogP contribution in [0.3, 0.4) is 0 Å². The summed E-state index contributed by atoms with van der Waals surface area (Å²) in [5.41, 5.74) is 0.686. The Morgan fingerprint density at radius 1 is 1.50 bits per heavy atom. The number of hydrogen-bond acceptors (Lipinski definition) is 3. The molecule has 1 N–H and O–H groups in total. The summed E-state index contributed by atoms with van der Waals surface area (Å²) in [5.74, 6) is -0.237. The van der Waals surface area contributed by atoms with Crippen LogP contribution in [0.1, 0.15) is 19.4 Å². The summed E-state index contributed by atoms with van der Waals surface area (Å²) < 4.78 is 19.4. The molecule has 0 spiro atoms. The Labute approximate surface area is 125 Å². The van der Waals surface area contributed by atoms with Crippen LogP contribution in [-0.4, -0.2) is 43.3 Å². The first-order chi connectivity index (χ1) is 9.56. The molecule has 0 bridgehead atoms. The average molecular weight is 301 g/mol. The van der Waals surface area contributed by atoms with Gasteiger partial charge in [-0.25, -0.2) is 4.39 Å². The molecule has 1 fully saturated rings. The van der Waals surface area contributed by atoms with Gasteiger partial charge in [0.05, 0.1) is 13.2 Å². The zero-order chi connectivity index (χ0) is 14.5. The molecule has 1 aromatic rings. The summed E-state index contributed by atoms with van der Waals surface area (Å²) in [5, 5.41) is 3.85. The highest BCUT2D eigenvalue weighted by Gasteiger charge is 2.23. The first-order valence-electron chi connectivity index (χ1n) is 7.05. The molecule has 1 atom stereocenters. The molecule has 5 heteroatoms. The van der Waals surface area contributed by atoms with Crippen molar-refractivity contribution in [2.24, 2.45) is 0 Å². The Kier molecular flexibility index (Phi) is 5.78. The first kappa shape index (κ1) is 15.7. The maximum Gasteiger partial charge on any atom is 0.129 e. The summed E-state index contributed by atoms with van der Waals surface area (Å²) in [6, 6.07) is 5.59. The zero-order valence-electron chi connectivity index (χ0n) is 12.0. The molecule has 0 saturated carbocycles. The number of morpholine rings is 1. The van der Waals surface area contributed by atoms with E-state index in [-0.39, 0.29) is 11.9 Å². The fourth-order valence-electron chi connectivity index (χ4n) is 2.33. The minimum absolute atomic E-state index is 0.237. The molecule has 0 amide bonds. The zero-order valence-corrected chi connectivity index (χ0v) is 12.8. The van der Waals surface area contributed by atoms with Crippen LogP contribution in [-0.2, 0) is 11.3 Å². The summed E-state index contributed by atoms with van der Waals surface area (Å²) in [7, 11) is 0. The van der Waals surface area contributed by atoms with Crippen molar-refractivity contribution in [3.8, 4) is 0 Å². The van der Waals surface area contributed by atoms with Gasteiger partial charge >= 0.3 is 0 Å². The Morgan fingerprint density at radius 3 is 3.00 bits per heavy atom. The van der Waals surface area contributed by atoms with Crippen molar-refractivity contribution in [1.29, 1.82) is 0 Å². The van der Waals surface area contributed by atoms with Gasteiger partial charge in [0, 0.05) is 42.3 Å². The van der Waals surface area contributed by atoms with E-state index >= 15 is 0 Å². The second-order valence-corrected chi connectivity index (χ2v) is 5.93. The van der Waals surface area contributed by atoms with Gasteiger partial charge in [-0.2, -0.15) is 0 Å². The lowest BCUT2D eigenvalue weighted by atomic mass is 10.1. The summed E-state index contributed by atoms with van der Waals surface area (Å²) in [6.45, 7) is 7.90. The number of nitrogens with zero attached hydrogens (tertiary/aromatic N) is 1. The second-order valence-electron chi connectivity index (χ2n) is 5.50. The molecule has 0 aliphatic carbocycles. The minimum Gasteiger partial charge on any atom is -0.378 e. The Bertz CT molecular complexity index is 442. The number of nitrogens with one attached hydrogen (secondary N) is 1. The number of hydrogen-bond donors (Lipinski definition) is 1. The van der Waals surface area contributed by atoms with E-state index in [0.717, 1.165) is 13.1 Å². The molecule has 2 rings (SSSR count). The van der Waals surface area contributed by atoms with Crippen LogP contribution in [0.4, 0.5) is 4.39 Å². The van der Waals surface area contributed by atoms with Gasteiger partial charge in [0.1, 0.15) is 5.82 Å². The Morgan fingerprint density at radius 2 is 2.30 bits per heavy atom. The SMILES string of the molecule is CC(C)NCC1COCCN1Cc1ccc(Cl)cc1F. The van der Waals surface area contributed by atoms with E-state index in [1.54, 1.807) is 12.1 Å². The monoisotopic (exact) mass is 300 g/mol. The molecular formula is C15H22ClFN2O. The van der Waals surface area contributed by atoms with E-state index in [9.17, 15) is 4.39 Å². The lowest BCUT2D eigenvalue weighted by molar-refractivity contribution is -0.0119. The largest absolute Gasteiger partial charge is 0.378 e. The molecule has 0 aromatic heterocycles. The molecule has 112 valence electrons. The molecule has 0 radical (unpaired) electrons. The number of ether oxygens (including phenoxy) is 1. The lowest BCUT2D eigenvalue weighted by Crippen LogP contribution is -2.50. The summed E-state index contributed by atoms with van der Waals surface area (Å²) in [6.07, 6.45) is 0. The van der Waals surface area contributed by atoms with E-state index in [4.69, 9.17) is 16.3 Å². The van der Waals surface area contributed by atoms with Crippen molar-refractivity contribution in [2.75, 3.05) is 26.3 Å². The maximum atomic E-state index is 13.9. The van der Waals surface area contributed by atoms with Crippen molar-refractivity contribution < 1.29 is 9.13 Å². The van der Waals surface area contributed by atoms with Crippen LogP contribution in [0.25, 0.3) is 0 Å². The maximum absolute atomic E-state index is 13.9. The van der Waals surface area contributed by atoms with Crippen molar-refractivity contribution in [1.82, 2.24) is 10.2 Å². The minimum atomic E-state index is -0.237. The van der Waals surface area contributed by atoms with Crippen LogP contribution in [0.15, 0.2) is 18.2 Å². The summed E-state index contributed by atoms with van der Waals surface area (Å²) in [4.78, 5) is 2.27. The standard InChI is InChI=1S/C15H22ClFN2O/c1-11(2)18-8-14-10-20-6-5-19(14)9-12-3-4-13(16)7-15(12)17/h3-4,7,11,14,18H,5-6,8-10H2,1-2H3. The van der Waals surface area contributed by atoms with Gasteiger partial charge in [0.25, 0.3) is 0 Å². The van der Waals surface area contributed by atoms with Crippen molar-refractivity contribution in [2.45, 2.75) is 32.5 Å². The lowest BCUT2D eigenvalue weighted by Gasteiger charge is -2.36. The molecule has 3 nitrogen and oxygen atoms in total. The van der Waals surface area contributed by atoms with E-state index in [1.807, 2.05) is 0 Å². The fraction of sp³-hybridized carbons (Fsp3) is 0.600. The highest BCUT2D eigenvalue weighted by Crippen LogP contribution is 2.18. The van der Waals surface area contributed by atoms with E-state index in [2.05, 4.69) is 24.1 Å². The normalized spacial score (nSPS) is 20.6. The van der Waals surface area contributed by atoms with Crippen molar-refractivity contribution in [3.05, 3.63) is 34.6 Å². The quantitative estimate of drug-likeness (QED) is 0.905. The molecule has 1 saturated heterocycles. The van der Waals surface area contributed by atoms with Gasteiger partial charge in [-0.1, -0.05) is 31.5 Å². The van der Waals surface area contributed by atoms with Crippen LogP contribution >= 0.6 is 11.6 Å². The molecule has 1 aliphatic rings. The smallest absolute Gasteiger partial charge is 0.129 e. The van der Waals surface area contributed by atoms with Crippen LogP contribution < -0.4 is 5.32 Å². The Balaban J connectivity index is 2.00. The number of benzene rings is 1. The predicted molar refractivity (Wildman–Crippen MR) is 79.6 cm³/mol. The number of halogens is 2. The van der Waals surface area contributed by atoms with E-state index < -0.39 is 0 Å². The van der Waals surface area contributed by atoms with Gasteiger partial charge in [-0.3, -0.25) is 4.90 Å². The van der Waals surface area contributed by atoms with Gasteiger partial charge in [-0.05, 0) is 12.1 Å². The predicted octanol–water partition coefficient (Wildman–Crippen LogP) is 2.68. The van der Waals surface area contributed by atoms with Gasteiger partial charge < -0.3 is 10.1 Å². The van der Waals surface area contributed by atoms with Gasteiger partial charge in [0.2, 0.25) is 0 Å².